The number of carbonyl (C=O) groups is 1. The smallest absolute Gasteiger partial charge is 0.224 e. The zero-order valence-corrected chi connectivity index (χ0v) is 15.2. The van der Waals surface area contributed by atoms with Gasteiger partial charge in [0, 0.05) is 36.1 Å². The Morgan fingerprint density at radius 3 is 3.08 bits per heavy atom. The summed E-state index contributed by atoms with van der Waals surface area (Å²) in [5.74, 6) is 0.801. The first-order valence-electron chi connectivity index (χ1n) is 9.22. The third kappa shape index (κ3) is 4.54. The van der Waals surface area contributed by atoms with Crippen LogP contribution >= 0.6 is 0 Å². The second kappa shape index (κ2) is 8.39. The van der Waals surface area contributed by atoms with E-state index in [4.69, 9.17) is 9.15 Å². The van der Waals surface area contributed by atoms with Crippen LogP contribution in [0.3, 0.4) is 0 Å². The van der Waals surface area contributed by atoms with E-state index in [-0.39, 0.29) is 5.91 Å². The maximum Gasteiger partial charge on any atom is 0.224 e. The zero-order valence-electron chi connectivity index (χ0n) is 15.2. The van der Waals surface area contributed by atoms with Gasteiger partial charge < -0.3 is 19.4 Å². The lowest BCUT2D eigenvalue weighted by Crippen LogP contribution is -2.39. The largest absolute Gasteiger partial charge is 0.497 e. The topological polar surface area (TPSA) is 54.7 Å². The van der Waals surface area contributed by atoms with E-state index in [1.807, 2.05) is 18.2 Å². The number of piperidine rings is 1. The number of benzene rings is 1. The molecule has 1 aliphatic heterocycles. The van der Waals surface area contributed by atoms with Crippen LogP contribution in [0.1, 0.15) is 38.2 Å². The van der Waals surface area contributed by atoms with Gasteiger partial charge in [0.1, 0.15) is 11.3 Å². The Bertz CT molecular complexity index is 710. The van der Waals surface area contributed by atoms with Gasteiger partial charge in [-0.1, -0.05) is 6.42 Å². The van der Waals surface area contributed by atoms with Crippen LogP contribution in [0.2, 0.25) is 0 Å². The van der Waals surface area contributed by atoms with Crippen molar-refractivity contribution in [3.05, 3.63) is 30.0 Å². The molecular formula is C20H28N2O3. The monoisotopic (exact) mass is 344 g/mol. The Hall–Kier alpha value is -2.01. The first-order valence-corrected chi connectivity index (χ1v) is 9.22. The number of nitrogens with one attached hydrogen (secondary N) is 1. The molecule has 25 heavy (non-hydrogen) atoms. The molecule has 1 N–H and O–H groups in total. The van der Waals surface area contributed by atoms with Crippen molar-refractivity contribution in [3.8, 4) is 5.75 Å². The molecule has 136 valence electrons. The molecule has 1 unspecified atom stereocenters. The molecular weight excluding hydrogens is 316 g/mol. The summed E-state index contributed by atoms with van der Waals surface area (Å²) >= 11 is 0. The molecule has 2 aromatic rings. The van der Waals surface area contributed by atoms with E-state index >= 15 is 0 Å². The van der Waals surface area contributed by atoms with Crippen LogP contribution in [-0.4, -0.2) is 43.6 Å². The fourth-order valence-corrected chi connectivity index (χ4v) is 3.56. The number of rotatable bonds is 7. The zero-order chi connectivity index (χ0) is 17.6. The van der Waals surface area contributed by atoms with Crippen molar-refractivity contribution in [3.63, 3.8) is 0 Å². The van der Waals surface area contributed by atoms with E-state index in [9.17, 15) is 4.79 Å². The van der Waals surface area contributed by atoms with E-state index in [1.54, 1.807) is 13.4 Å². The minimum Gasteiger partial charge on any atom is -0.497 e. The summed E-state index contributed by atoms with van der Waals surface area (Å²) in [4.78, 5) is 14.7. The summed E-state index contributed by atoms with van der Waals surface area (Å²) in [5, 5.41) is 4.00. The fraction of sp³-hybridized carbons (Fsp3) is 0.550. The minimum absolute atomic E-state index is 0.0465. The maximum absolute atomic E-state index is 12.2. The number of furan rings is 1. The van der Waals surface area contributed by atoms with Gasteiger partial charge in [0.05, 0.1) is 19.8 Å². The summed E-state index contributed by atoms with van der Waals surface area (Å²) in [6.45, 7) is 5.29. The van der Waals surface area contributed by atoms with E-state index in [2.05, 4.69) is 17.1 Å². The number of hydrogen-bond acceptors (Lipinski definition) is 4. The average molecular weight is 344 g/mol. The minimum atomic E-state index is 0.0465. The van der Waals surface area contributed by atoms with Crippen LogP contribution in [-0.2, 0) is 11.2 Å². The van der Waals surface area contributed by atoms with E-state index in [1.165, 1.54) is 25.8 Å². The van der Waals surface area contributed by atoms with Gasteiger partial charge in [0.2, 0.25) is 5.91 Å². The molecule has 5 heteroatoms. The van der Waals surface area contributed by atoms with Gasteiger partial charge >= 0.3 is 0 Å². The number of carbonyl (C=O) groups excluding carboxylic acids is 1. The molecule has 2 heterocycles. The van der Waals surface area contributed by atoms with E-state index in [0.29, 0.717) is 12.5 Å². The Labute approximate surface area is 149 Å². The highest BCUT2D eigenvalue weighted by atomic mass is 16.5. The van der Waals surface area contributed by atoms with Crippen molar-refractivity contribution in [2.24, 2.45) is 0 Å². The number of methoxy groups -OCH3 is 1. The van der Waals surface area contributed by atoms with Crippen LogP contribution in [0.5, 0.6) is 5.75 Å². The normalized spacial score (nSPS) is 18.4. The fourth-order valence-electron chi connectivity index (χ4n) is 3.56. The predicted molar refractivity (Wildman–Crippen MR) is 99.0 cm³/mol. The number of likely N-dealkylation sites (tertiary alicyclic amines) is 1. The van der Waals surface area contributed by atoms with E-state index < -0.39 is 0 Å². The van der Waals surface area contributed by atoms with Crippen molar-refractivity contribution < 1.29 is 13.9 Å². The first kappa shape index (κ1) is 17.8. The van der Waals surface area contributed by atoms with Gasteiger partial charge in [0.25, 0.3) is 0 Å². The Balaban J connectivity index is 1.45. The molecule has 0 spiro atoms. The summed E-state index contributed by atoms with van der Waals surface area (Å²) in [7, 11) is 1.63. The Morgan fingerprint density at radius 2 is 2.28 bits per heavy atom. The number of nitrogens with zero attached hydrogens (tertiary/aromatic N) is 1. The first-order chi connectivity index (χ1) is 12.2. The predicted octanol–water partition coefficient (Wildman–Crippen LogP) is 3.36. The number of hydrogen-bond donors (Lipinski definition) is 1. The van der Waals surface area contributed by atoms with Crippen LogP contribution in [0.25, 0.3) is 11.0 Å². The van der Waals surface area contributed by atoms with Crippen LogP contribution < -0.4 is 10.1 Å². The maximum atomic E-state index is 12.2. The lowest BCUT2D eigenvalue weighted by molar-refractivity contribution is -0.120. The molecule has 5 nitrogen and oxygen atoms in total. The summed E-state index contributed by atoms with van der Waals surface area (Å²) < 4.78 is 10.7. The van der Waals surface area contributed by atoms with Crippen molar-refractivity contribution in [1.29, 1.82) is 0 Å². The van der Waals surface area contributed by atoms with Crippen molar-refractivity contribution in [1.82, 2.24) is 10.2 Å². The van der Waals surface area contributed by atoms with Gasteiger partial charge in [0.15, 0.2) is 0 Å². The lowest BCUT2D eigenvalue weighted by Gasteiger charge is -2.33. The molecule has 1 aromatic heterocycles. The van der Waals surface area contributed by atoms with Crippen LogP contribution in [0.15, 0.2) is 28.9 Å². The third-order valence-corrected chi connectivity index (χ3v) is 5.10. The summed E-state index contributed by atoms with van der Waals surface area (Å²) in [5.41, 5.74) is 1.67. The molecule has 0 radical (unpaired) electrons. The summed E-state index contributed by atoms with van der Waals surface area (Å²) in [6, 6.07) is 6.35. The van der Waals surface area contributed by atoms with Crippen LogP contribution in [0.4, 0.5) is 0 Å². The molecule has 0 bridgehead atoms. The van der Waals surface area contributed by atoms with Crippen molar-refractivity contribution >= 4 is 16.9 Å². The molecule has 1 aliphatic rings. The molecule has 0 saturated carbocycles. The third-order valence-electron chi connectivity index (χ3n) is 5.10. The highest BCUT2D eigenvalue weighted by Gasteiger charge is 2.17. The van der Waals surface area contributed by atoms with Crippen molar-refractivity contribution in [2.75, 3.05) is 26.7 Å². The van der Waals surface area contributed by atoms with E-state index in [0.717, 1.165) is 41.8 Å². The second-order valence-corrected chi connectivity index (χ2v) is 6.88. The number of ether oxygens (including phenoxy) is 1. The molecule has 1 aromatic carbocycles. The summed E-state index contributed by atoms with van der Waals surface area (Å²) in [6.07, 6.45) is 6.96. The number of fused-ring (bicyclic) bond motifs is 1. The molecule has 1 atom stereocenters. The molecule has 1 fully saturated rings. The highest BCUT2D eigenvalue weighted by molar-refractivity contribution is 5.88. The van der Waals surface area contributed by atoms with Gasteiger partial charge in [-0.3, -0.25) is 4.79 Å². The Kier molecular flexibility index (Phi) is 5.97. The second-order valence-electron chi connectivity index (χ2n) is 6.88. The van der Waals surface area contributed by atoms with Gasteiger partial charge in [-0.05, 0) is 44.9 Å². The Morgan fingerprint density at radius 1 is 1.40 bits per heavy atom. The standard InChI is InChI=1S/C20H28N2O3/c1-15-6-3-4-10-22(15)11-5-9-21-20(23)12-16-14-25-19-13-17(24-2)7-8-18(16)19/h7-8,13-15H,3-6,9-12H2,1-2H3,(H,21,23). The van der Waals surface area contributed by atoms with Crippen molar-refractivity contribution in [2.45, 2.75) is 45.1 Å². The lowest BCUT2D eigenvalue weighted by atomic mass is 10.0. The van der Waals surface area contributed by atoms with Gasteiger partial charge in [-0.25, -0.2) is 0 Å². The molecule has 1 saturated heterocycles. The SMILES string of the molecule is COc1ccc2c(CC(=O)NCCCN3CCCCC3C)coc2c1. The van der Waals surface area contributed by atoms with Crippen LogP contribution in [0, 0.1) is 0 Å². The molecule has 0 aliphatic carbocycles. The number of amides is 1. The quantitative estimate of drug-likeness (QED) is 0.783. The van der Waals surface area contributed by atoms with Gasteiger partial charge in [-0.15, -0.1) is 0 Å². The average Bonchev–Trinajstić information content (AvgIpc) is 3.02. The van der Waals surface area contributed by atoms with Gasteiger partial charge in [-0.2, -0.15) is 0 Å². The highest BCUT2D eigenvalue weighted by Crippen LogP contribution is 2.25. The molecule has 3 rings (SSSR count). The molecule has 1 amide bonds.